The third-order valence-electron chi connectivity index (χ3n) is 4.11. The van der Waals surface area contributed by atoms with Gasteiger partial charge in [-0.05, 0) is 35.7 Å². The molecule has 1 atom stereocenters. The van der Waals surface area contributed by atoms with Gasteiger partial charge in [0, 0.05) is 13.1 Å². The highest BCUT2D eigenvalue weighted by Crippen LogP contribution is 2.31. The predicted octanol–water partition coefficient (Wildman–Crippen LogP) is 2.61. The summed E-state index contributed by atoms with van der Waals surface area (Å²) in [7, 11) is 1.22. The summed E-state index contributed by atoms with van der Waals surface area (Å²) in [6.45, 7) is 4.00. The Labute approximate surface area is 174 Å². The highest BCUT2D eigenvalue weighted by molar-refractivity contribution is 8.18. The van der Waals surface area contributed by atoms with Gasteiger partial charge in [0.15, 0.2) is 0 Å². The lowest BCUT2D eigenvalue weighted by Crippen LogP contribution is -2.49. The Balaban J connectivity index is 1.92. The van der Waals surface area contributed by atoms with Crippen LogP contribution in [0.5, 0.6) is 0 Å². The van der Waals surface area contributed by atoms with Crippen LogP contribution in [0.15, 0.2) is 35.2 Å². The first-order chi connectivity index (χ1) is 13.8. The minimum atomic E-state index is -0.754. The number of alkyl carbamates (subject to hydrolysis) is 1. The summed E-state index contributed by atoms with van der Waals surface area (Å²) in [6, 6.07) is 8.50. The fourth-order valence-electron chi connectivity index (χ4n) is 2.71. The molecular formula is C20H25N3O5S. The number of methoxy groups -OCH3 is 1. The second-order valence-electron chi connectivity index (χ2n) is 6.85. The van der Waals surface area contributed by atoms with Gasteiger partial charge in [-0.3, -0.25) is 19.3 Å². The van der Waals surface area contributed by atoms with E-state index in [0.29, 0.717) is 11.3 Å². The quantitative estimate of drug-likeness (QED) is 0.628. The molecule has 156 valence electrons. The number of hydrogen-bond acceptors (Lipinski definition) is 6. The number of hydrogen-bond donors (Lipinski definition) is 2. The molecule has 1 aromatic rings. The maximum Gasteiger partial charge on any atom is 0.407 e. The first-order valence-corrected chi connectivity index (χ1v) is 10.1. The van der Waals surface area contributed by atoms with Crippen LogP contribution in [0.4, 0.5) is 9.59 Å². The molecule has 0 aliphatic carbocycles. The molecule has 4 amide bonds. The van der Waals surface area contributed by atoms with Crippen LogP contribution in [0.1, 0.15) is 25.8 Å². The summed E-state index contributed by atoms with van der Waals surface area (Å²) in [4.78, 5) is 49.9. The molecule has 29 heavy (non-hydrogen) atoms. The van der Waals surface area contributed by atoms with Crippen LogP contribution < -0.4 is 10.6 Å². The third-order valence-corrected chi connectivity index (χ3v) is 5.01. The molecule has 0 bridgehead atoms. The summed E-state index contributed by atoms with van der Waals surface area (Å²) in [5.41, 5.74) is 0.830. The Morgan fingerprint density at radius 2 is 1.90 bits per heavy atom. The van der Waals surface area contributed by atoms with Gasteiger partial charge in [-0.15, -0.1) is 0 Å². The Bertz CT molecular complexity index is 795. The molecule has 1 fully saturated rings. The molecule has 0 saturated carbocycles. The van der Waals surface area contributed by atoms with Crippen LogP contribution in [0, 0.1) is 5.92 Å². The lowest BCUT2D eigenvalue weighted by atomic mass is 10.0. The van der Waals surface area contributed by atoms with Gasteiger partial charge >= 0.3 is 6.09 Å². The lowest BCUT2D eigenvalue weighted by Gasteiger charge is -2.20. The van der Waals surface area contributed by atoms with Crippen LogP contribution in [0.2, 0.25) is 0 Å². The van der Waals surface area contributed by atoms with Crippen molar-refractivity contribution in [2.24, 2.45) is 5.92 Å². The zero-order valence-electron chi connectivity index (χ0n) is 16.6. The normalized spacial score (nSPS) is 16.3. The van der Waals surface area contributed by atoms with Crippen LogP contribution in [-0.2, 0) is 14.3 Å². The topological polar surface area (TPSA) is 105 Å². The van der Waals surface area contributed by atoms with E-state index in [0.717, 1.165) is 22.2 Å². The second-order valence-corrected chi connectivity index (χ2v) is 7.85. The largest absolute Gasteiger partial charge is 0.453 e. The molecule has 2 rings (SSSR count). The van der Waals surface area contributed by atoms with Crippen molar-refractivity contribution in [2.75, 3.05) is 20.2 Å². The predicted molar refractivity (Wildman–Crippen MR) is 111 cm³/mol. The molecule has 0 spiro atoms. The maximum absolute atomic E-state index is 12.5. The lowest BCUT2D eigenvalue weighted by molar-refractivity contribution is -0.125. The Morgan fingerprint density at radius 1 is 1.21 bits per heavy atom. The van der Waals surface area contributed by atoms with Gasteiger partial charge in [0.1, 0.15) is 6.04 Å². The second kappa shape index (κ2) is 10.7. The van der Waals surface area contributed by atoms with Crippen molar-refractivity contribution < 1.29 is 23.9 Å². The fraction of sp³-hybridized carbons (Fsp3) is 0.400. The summed E-state index contributed by atoms with van der Waals surface area (Å²) in [6.07, 6.45) is 1.41. The van der Waals surface area contributed by atoms with E-state index >= 15 is 0 Å². The standard InChI is InChI=1S/C20H25N3O5S/c1-13(2)11-15(22-19(26)28-3)17(24)21-9-10-23-18(25)16(29-20(23)27)12-14-7-5-4-6-8-14/h4-8,12-13,15H,9-11H2,1-3H3,(H,21,24)(H,22,26)/b16-12-. The smallest absolute Gasteiger partial charge is 0.407 e. The number of rotatable bonds is 8. The molecule has 1 unspecified atom stereocenters. The summed E-state index contributed by atoms with van der Waals surface area (Å²) in [5.74, 6) is -0.604. The number of nitrogens with one attached hydrogen (secondary N) is 2. The van der Waals surface area contributed by atoms with E-state index in [1.54, 1.807) is 6.08 Å². The molecule has 8 nitrogen and oxygen atoms in total. The molecule has 2 N–H and O–H groups in total. The number of carbonyl (C=O) groups is 4. The van der Waals surface area contributed by atoms with E-state index in [1.165, 1.54) is 7.11 Å². The van der Waals surface area contributed by atoms with E-state index < -0.39 is 18.0 Å². The number of carbonyl (C=O) groups excluding carboxylic acids is 4. The molecule has 1 aliphatic heterocycles. The number of ether oxygens (including phenoxy) is 1. The molecule has 0 radical (unpaired) electrons. The maximum atomic E-state index is 12.5. The van der Waals surface area contributed by atoms with Gasteiger partial charge in [0.05, 0.1) is 12.0 Å². The molecule has 9 heteroatoms. The zero-order valence-corrected chi connectivity index (χ0v) is 17.5. The zero-order chi connectivity index (χ0) is 21.4. The van der Waals surface area contributed by atoms with Gasteiger partial charge in [-0.1, -0.05) is 44.2 Å². The van der Waals surface area contributed by atoms with Crippen molar-refractivity contribution in [2.45, 2.75) is 26.3 Å². The number of nitrogens with zero attached hydrogens (tertiary/aromatic N) is 1. The van der Waals surface area contributed by atoms with Crippen LogP contribution in [0.3, 0.4) is 0 Å². The van der Waals surface area contributed by atoms with Crippen LogP contribution in [-0.4, -0.2) is 54.3 Å². The first kappa shape index (κ1) is 22.5. The Morgan fingerprint density at radius 3 is 2.52 bits per heavy atom. The number of amides is 4. The SMILES string of the molecule is COC(=O)NC(CC(C)C)C(=O)NCCN1C(=O)S/C(=C\c2ccccc2)C1=O. The highest BCUT2D eigenvalue weighted by atomic mass is 32.2. The summed E-state index contributed by atoms with van der Waals surface area (Å²) < 4.78 is 4.55. The Kier molecular flexibility index (Phi) is 8.26. The molecule has 0 aromatic heterocycles. The third kappa shape index (κ3) is 6.63. The van der Waals surface area contributed by atoms with Gasteiger partial charge in [0.2, 0.25) is 5.91 Å². The minimum absolute atomic E-state index is 0.0508. The Hall–Kier alpha value is -2.81. The van der Waals surface area contributed by atoms with Crippen LogP contribution >= 0.6 is 11.8 Å². The van der Waals surface area contributed by atoms with Gasteiger partial charge in [-0.25, -0.2) is 4.79 Å². The number of thioether (sulfide) groups is 1. The van der Waals surface area contributed by atoms with Crippen molar-refractivity contribution >= 4 is 41.0 Å². The van der Waals surface area contributed by atoms with E-state index in [2.05, 4.69) is 15.4 Å². The van der Waals surface area contributed by atoms with Gasteiger partial charge in [0.25, 0.3) is 11.1 Å². The van der Waals surface area contributed by atoms with Crippen molar-refractivity contribution in [1.29, 1.82) is 0 Å². The average molecular weight is 420 g/mol. The molecular weight excluding hydrogens is 394 g/mol. The molecule has 1 aliphatic rings. The van der Waals surface area contributed by atoms with Crippen molar-refractivity contribution in [3.63, 3.8) is 0 Å². The minimum Gasteiger partial charge on any atom is -0.453 e. The number of imide groups is 1. The van der Waals surface area contributed by atoms with E-state index in [-0.39, 0.29) is 30.2 Å². The first-order valence-electron chi connectivity index (χ1n) is 9.24. The molecule has 1 aromatic carbocycles. The fourth-order valence-corrected chi connectivity index (χ4v) is 3.58. The monoisotopic (exact) mass is 419 g/mol. The van der Waals surface area contributed by atoms with Crippen molar-refractivity contribution in [1.82, 2.24) is 15.5 Å². The van der Waals surface area contributed by atoms with Gasteiger partial charge in [-0.2, -0.15) is 0 Å². The molecule has 1 saturated heterocycles. The van der Waals surface area contributed by atoms with E-state index in [4.69, 9.17) is 0 Å². The van der Waals surface area contributed by atoms with Crippen molar-refractivity contribution in [3.8, 4) is 0 Å². The van der Waals surface area contributed by atoms with E-state index in [1.807, 2.05) is 44.2 Å². The number of benzene rings is 1. The summed E-state index contributed by atoms with van der Waals surface area (Å²) in [5, 5.41) is 4.78. The van der Waals surface area contributed by atoms with Gasteiger partial charge < -0.3 is 15.4 Å². The van der Waals surface area contributed by atoms with Crippen LogP contribution in [0.25, 0.3) is 6.08 Å². The highest BCUT2D eigenvalue weighted by Gasteiger charge is 2.34. The van der Waals surface area contributed by atoms with E-state index in [9.17, 15) is 19.2 Å². The summed E-state index contributed by atoms with van der Waals surface area (Å²) >= 11 is 0.874. The molecule has 1 heterocycles. The van der Waals surface area contributed by atoms with Crippen molar-refractivity contribution in [3.05, 3.63) is 40.8 Å². The average Bonchev–Trinajstić information content (AvgIpc) is 2.95.